The maximum atomic E-state index is 3.51. The Morgan fingerprint density at radius 2 is 1.75 bits per heavy atom. The Hall–Kier alpha value is -1.02. The second-order valence-electron chi connectivity index (χ2n) is 4.47. The average Bonchev–Trinajstić information content (AvgIpc) is 2.29. The van der Waals surface area contributed by atoms with Gasteiger partial charge in [0.1, 0.15) is 0 Å². The molecule has 1 aromatic rings. The summed E-state index contributed by atoms with van der Waals surface area (Å²) in [6, 6.07) is 9.66. The van der Waals surface area contributed by atoms with Gasteiger partial charge in [0.15, 0.2) is 0 Å². The monoisotopic (exact) mass is 220 g/mol. The van der Waals surface area contributed by atoms with Crippen LogP contribution in [0.5, 0.6) is 0 Å². The van der Waals surface area contributed by atoms with Crippen LogP contribution in [0.25, 0.3) is 0 Å². The highest BCUT2D eigenvalue weighted by Crippen LogP contribution is 2.16. The fourth-order valence-electron chi connectivity index (χ4n) is 1.82. The van der Waals surface area contributed by atoms with Crippen LogP contribution in [0, 0.1) is 0 Å². The van der Waals surface area contributed by atoms with E-state index in [-0.39, 0.29) is 0 Å². The summed E-state index contributed by atoms with van der Waals surface area (Å²) in [7, 11) is 1.99. The molecule has 0 saturated carbocycles. The van der Waals surface area contributed by atoms with Crippen LogP contribution in [0.4, 0.5) is 5.69 Å². The summed E-state index contributed by atoms with van der Waals surface area (Å²) in [6.45, 7) is 6.62. The van der Waals surface area contributed by atoms with E-state index < -0.39 is 0 Å². The second-order valence-corrected chi connectivity index (χ2v) is 4.47. The lowest BCUT2D eigenvalue weighted by atomic mass is 10.1. The lowest BCUT2D eigenvalue weighted by Gasteiger charge is -2.16. The van der Waals surface area contributed by atoms with Crippen molar-refractivity contribution in [3.63, 3.8) is 0 Å². The van der Waals surface area contributed by atoms with Gasteiger partial charge in [-0.3, -0.25) is 0 Å². The zero-order chi connectivity index (χ0) is 12.0. The molecule has 0 radical (unpaired) electrons. The van der Waals surface area contributed by atoms with Gasteiger partial charge in [-0.1, -0.05) is 25.5 Å². The Labute approximate surface area is 99.5 Å². The molecule has 0 aromatic heterocycles. The zero-order valence-electron chi connectivity index (χ0n) is 10.9. The standard InChI is InChI=1S/C14H24N2/c1-5-6-11(2)16-14-9-7-13(8-10-14)12(3)15-4/h7-12,15-16H,5-6H2,1-4H3. The summed E-state index contributed by atoms with van der Waals surface area (Å²) in [6.07, 6.45) is 2.44. The molecule has 0 saturated heterocycles. The number of anilines is 1. The van der Waals surface area contributed by atoms with E-state index >= 15 is 0 Å². The zero-order valence-corrected chi connectivity index (χ0v) is 10.9. The van der Waals surface area contributed by atoms with Crippen molar-refractivity contribution >= 4 is 5.69 Å². The van der Waals surface area contributed by atoms with Crippen molar-refractivity contribution in [1.29, 1.82) is 0 Å². The SMILES string of the molecule is CCCC(C)Nc1ccc(C(C)NC)cc1. The van der Waals surface area contributed by atoms with E-state index in [1.165, 1.54) is 24.1 Å². The van der Waals surface area contributed by atoms with Crippen LogP contribution < -0.4 is 10.6 Å². The first-order valence-corrected chi connectivity index (χ1v) is 6.21. The maximum Gasteiger partial charge on any atom is 0.0342 e. The predicted molar refractivity (Wildman–Crippen MR) is 71.9 cm³/mol. The van der Waals surface area contributed by atoms with Crippen LogP contribution in [0.1, 0.15) is 45.2 Å². The average molecular weight is 220 g/mol. The fourth-order valence-corrected chi connectivity index (χ4v) is 1.82. The molecule has 2 heteroatoms. The first kappa shape index (κ1) is 13.0. The maximum absolute atomic E-state index is 3.51. The van der Waals surface area contributed by atoms with Crippen molar-refractivity contribution in [1.82, 2.24) is 5.32 Å². The molecule has 1 rings (SSSR count). The molecule has 0 spiro atoms. The summed E-state index contributed by atoms with van der Waals surface area (Å²) < 4.78 is 0. The Balaban J connectivity index is 2.57. The molecule has 0 amide bonds. The molecule has 0 bridgehead atoms. The van der Waals surface area contributed by atoms with Crippen molar-refractivity contribution in [3.8, 4) is 0 Å². The topological polar surface area (TPSA) is 24.1 Å². The van der Waals surface area contributed by atoms with E-state index in [9.17, 15) is 0 Å². The van der Waals surface area contributed by atoms with Gasteiger partial charge in [-0.25, -0.2) is 0 Å². The van der Waals surface area contributed by atoms with Gasteiger partial charge in [-0.2, -0.15) is 0 Å². The molecular formula is C14H24N2. The first-order valence-electron chi connectivity index (χ1n) is 6.21. The number of hydrogen-bond donors (Lipinski definition) is 2. The summed E-state index contributed by atoms with van der Waals surface area (Å²) >= 11 is 0. The third kappa shape index (κ3) is 3.86. The van der Waals surface area contributed by atoms with E-state index in [4.69, 9.17) is 0 Å². The first-order chi connectivity index (χ1) is 7.67. The lowest BCUT2D eigenvalue weighted by molar-refractivity contribution is 0.652. The van der Waals surface area contributed by atoms with Crippen molar-refractivity contribution in [2.24, 2.45) is 0 Å². The second kappa shape index (κ2) is 6.54. The van der Waals surface area contributed by atoms with Gasteiger partial charge in [-0.05, 0) is 45.0 Å². The highest BCUT2D eigenvalue weighted by Gasteiger charge is 2.03. The van der Waals surface area contributed by atoms with Crippen LogP contribution in [-0.4, -0.2) is 13.1 Å². The van der Waals surface area contributed by atoms with Gasteiger partial charge in [0.05, 0.1) is 0 Å². The van der Waals surface area contributed by atoms with Crippen LogP contribution in [-0.2, 0) is 0 Å². The van der Waals surface area contributed by atoms with E-state index in [0.717, 1.165) is 0 Å². The quantitative estimate of drug-likeness (QED) is 0.766. The van der Waals surface area contributed by atoms with Gasteiger partial charge in [0.2, 0.25) is 0 Å². The van der Waals surface area contributed by atoms with Crippen molar-refractivity contribution in [2.75, 3.05) is 12.4 Å². The molecule has 0 heterocycles. The molecule has 2 unspecified atom stereocenters. The van der Waals surface area contributed by atoms with Crippen molar-refractivity contribution in [2.45, 2.75) is 45.7 Å². The highest BCUT2D eigenvalue weighted by molar-refractivity contribution is 5.45. The number of hydrogen-bond acceptors (Lipinski definition) is 2. The van der Waals surface area contributed by atoms with Crippen molar-refractivity contribution in [3.05, 3.63) is 29.8 Å². The largest absolute Gasteiger partial charge is 0.383 e. The molecule has 2 N–H and O–H groups in total. The molecule has 0 fully saturated rings. The third-order valence-corrected chi connectivity index (χ3v) is 2.98. The Kier molecular flexibility index (Phi) is 5.33. The summed E-state index contributed by atoms with van der Waals surface area (Å²) in [5.74, 6) is 0. The molecule has 2 atom stereocenters. The summed E-state index contributed by atoms with van der Waals surface area (Å²) in [5.41, 5.74) is 2.55. The molecule has 0 aliphatic carbocycles. The molecule has 0 aliphatic heterocycles. The minimum absolute atomic E-state index is 0.419. The van der Waals surface area contributed by atoms with Crippen LogP contribution in [0.2, 0.25) is 0 Å². The van der Waals surface area contributed by atoms with E-state index in [1.807, 2.05) is 7.05 Å². The third-order valence-electron chi connectivity index (χ3n) is 2.98. The number of benzene rings is 1. The van der Waals surface area contributed by atoms with Crippen LogP contribution in [0.15, 0.2) is 24.3 Å². The minimum Gasteiger partial charge on any atom is -0.383 e. The van der Waals surface area contributed by atoms with Gasteiger partial charge in [0.25, 0.3) is 0 Å². The normalized spacial score (nSPS) is 14.5. The van der Waals surface area contributed by atoms with Gasteiger partial charge < -0.3 is 10.6 Å². The van der Waals surface area contributed by atoms with Crippen molar-refractivity contribution < 1.29 is 0 Å². The smallest absolute Gasteiger partial charge is 0.0342 e. The molecule has 16 heavy (non-hydrogen) atoms. The van der Waals surface area contributed by atoms with E-state index in [2.05, 4.69) is 55.7 Å². The fraction of sp³-hybridized carbons (Fsp3) is 0.571. The molecular weight excluding hydrogens is 196 g/mol. The number of rotatable bonds is 6. The minimum atomic E-state index is 0.419. The Morgan fingerprint density at radius 3 is 2.25 bits per heavy atom. The Morgan fingerprint density at radius 1 is 1.12 bits per heavy atom. The van der Waals surface area contributed by atoms with Crippen LogP contribution in [0.3, 0.4) is 0 Å². The summed E-state index contributed by atoms with van der Waals surface area (Å²) in [4.78, 5) is 0. The van der Waals surface area contributed by atoms with Gasteiger partial charge in [-0.15, -0.1) is 0 Å². The lowest BCUT2D eigenvalue weighted by Crippen LogP contribution is -2.15. The van der Waals surface area contributed by atoms with Crippen LogP contribution >= 0.6 is 0 Å². The molecule has 0 aliphatic rings. The van der Waals surface area contributed by atoms with Gasteiger partial charge in [0, 0.05) is 17.8 Å². The van der Waals surface area contributed by atoms with E-state index in [0.29, 0.717) is 12.1 Å². The molecule has 1 aromatic carbocycles. The predicted octanol–water partition coefficient (Wildman–Crippen LogP) is 3.57. The number of nitrogens with one attached hydrogen (secondary N) is 2. The van der Waals surface area contributed by atoms with Gasteiger partial charge >= 0.3 is 0 Å². The highest BCUT2D eigenvalue weighted by atomic mass is 14.9. The molecule has 2 nitrogen and oxygen atoms in total. The summed E-state index contributed by atoms with van der Waals surface area (Å²) in [5, 5.41) is 6.75. The van der Waals surface area contributed by atoms with E-state index in [1.54, 1.807) is 0 Å². The Bertz CT molecular complexity index is 292. The molecule has 90 valence electrons.